The summed E-state index contributed by atoms with van der Waals surface area (Å²) >= 11 is 0. The third-order valence-corrected chi connectivity index (χ3v) is 3.89. The molecule has 2 rings (SSSR count). The van der Waals surface area contributed by atoms with Crippen LogP contribution in [0.15, 0.2) is 30.3 Å². The number of carbonyl (C=O) groups is 1. The number of nitrogens with one attached hydrogen (secondary N) is 1. The molecule has 1 aromatic carbocycles. The van der Waals surface area contributed by atoms with Gasteiger partial charge in [-0.3, -0.25) is 0 Å². The molecule has 1 unspecified atom stereocenters. The summed E-state index contributed by atoms with van der Waals surface area (Å²) in [5, 5.41) is 3.25. The normalized spacial score (nSPS) is 15.8. The third-order valence-electron chi connectivity index (χ3n) is 3.89. The van der Waals surface area contributed by atoms with Crippen molar-refractivity contribution < 1.29 is 4.79 Å². The lowest BCUT2D eigenvalue weighted by Crippen LogP contribution is -2.44. The zero-order valence-corrected chi connectivity index (χ0v) is 13.5. The summed E-state index contributed by atoms with van der Waals surface area (Å²) in [6, 6.07) is 11.0. The molecule has 21 heavy (non-hydrogen) atoms. The van der Waals surface area contributed by atoms with E-state index in [0.717, 1.165) is 32.2 Å². The number of hydrogen-bond donors (Lipinski definition) is 1. The largest absolute Gasteiger partial charge is 0.331 e. The molecule has 1 fully saturated rings. The molecule has 1 saturated carbocycles. The number of carbonyl (C=O) groups excluding carboxylic acids is 1. The second-order valence-corrected chi connectivity index (χ2v) is 6.48. The van der Waals surface area contributed by atoms with Crippen molar-refractivity contribution in [3.63, 3.8) is 0 Å². The SMILES string of the molecule is CCCC(NC(=O)N(CC(C)C)C1CC1)c1ccccc1. The van der Waals surface area contributed by atoms with Gasteiger partial charge in [0.1, 0.15) is 0 Å². The first-order valence-corrected chi connectivity index (χ1v) is 8.23. The van der Waals surface area contributed by atoms with E-state index >= 15 is 0 Å². The number of benzene rings is 1. The Labute approximate surface area is 128 Å². The molecule has 0 radical (unpaired) electrons. The highest BCUT2D eigenvalue weighted by atomic mass is 16.2. The molecule has 0 saturated heterocycles. The van der Waals surface area contributed by atoms with Crippen LogP contribution in [0.5, 0.6) is 0 Å². The standard InChI is InChI=1S/C18H28N2O/c1-4-8-17(15-9-6-5-7-10-15)19-18(21)20(13-14(2)3)16-11-12-16/h5-7,9-10,14,16-17H,4,8,11-13H2,1-3H3,(H,19,21). The minimum absolute atomic E-state index is 0.105. The molecule has 0 heterocycles. The summed E-state index contributed by atoms with van der Waals surface area (Å²) in [5.74, 6) is 0.512. The van der Waals surface area contributed by atoms with Crippen molar-refractivity contribution in [3.05, 3.63) is 35.9 Å². The van der Waals surface area contributed by atoms with Crippen LogP contribution in [0.25, 0.3) is 0 Å². The molecule has 1 aromatic rings. The molecular weight excluding hydrogens is 260 g/mol. The molecule has 3 heteroatoms. The lowest BCUT2D eigenvalue weighted by molar-refractivity contribution is 0.183. The van der Waals surface area contributed by atoms with Crippen molar-refractivity contribution >= 4 is 6.03 Å². The molecule has 0 spiro atoms. The lowest BCUT2D eigenvalue weighted by atomic mass is 10.0. The summed E-state index contributed by atoms with van der Waals surface area (Å²) in [6.07, 6.45) is 4.36. The molecule has 116 valence electrons. The predicted octanol–water partition coefficient (Wildman–Crippen LogP) is 4.36. The number of urea groups is 1. The highest BCUT2D eigenvalue weighted by Gasteiger charge is 2.33. The molecular formula is C18H28N2O. The second kappa shape index (κ2) is 7.48. The Morgan fingerprint density at radius 2 is 1.95 bits per heavy atom. The van der Waals surface area contributed by atoms with E-state index in [-0.39, 0.29) is 12.1 Å². The van der Waals surface area contributed by atoms with Crippen molar-refractivity contribution in [1.29, 1.82) is 0 Å². The molecule has 0 aliphatic heterocycles. The number of nitrogens with zero attached hydrogens (tertiary/aromatic N) is 1. The summed E-state index contributed by atoms with van der Waals surface area (Å²) < 4.78 is 0. The fraction of sp³-hybridized carbons (Fsp3) is 0.611. The molecule has 2 amide bonds. The van der Waals surface area contributed by atoms with Crippen molar-refractivity contribution in [2.45, 2.75) is 58.5 Å². The van der Waals surface area contributed by atoms with E-state index in [2.05, 4.69) is 38.2 Å². The summed E-state index contributed by atoms with van der Waals surface area (Å²) in [7, 11) is 0. The van der Waals surface area contributed by atoms with E-state index < -0.39 is 0 Å². The molecule has 1 N–H and O–H groups in total. The van der Waals surface area contributed by atoms with Gasteiger partial charge in [0.15, 0.2) is 0 Å². The van der Waals surface area contributed by atoms with Gasteiger partial charge < -0.3 is 10.2 Å². The maximum atomic E-state index is 12.6. The second-order valence-electron chi connectivity index (χ2n) is 6.48. The summed E-state index contributed by atoms with van der Waals surface area (Å²) in [6.45, 7) is 7.35. The van der Waals surface area contributed by atoms with Gasteiger partial charge in [-0.15, -0.1) is 0 Å². The summed E-state index contributed by atoms with van der Waals surface area (Å²) in [5.41, 5.74) is 1.20. The van der Waals surface area contributed by atoms with Gasteiger partial charge in [0, 0.05) is 12.6 Å². The first kappa shape index (κ1) is 15.9. The Bertz CT molecular complexity index is 440. The Morgan fingerprint density at radius 3 is 2.48 bits per heavy atom. The van der Waals surface area contributed by atoms with Crippen LogP contribution >= 0.6 is 0 Å². The maximum Gasteiger partial charge on any atom is 0.318 e. The van der Waals surface area contributed by atoms with E-state index in [1.807, 2.05) is 23.1 Å². The highest BCUT2D eigenvalue weighted by molar-refractivity contribution is 5.75. The van der Waals surface area contributed by atoms with Crippen LogP contribution in [-0.4, -0.2) is 23.5 Å². The van der Waals surface area contributed by atoms with Crippen LogP contribution in [-0.2, 0) is 0 Å². The van der Waals surface area contributed by atoms with Gasteiger partial charge in [0.25, 0.3) is 0 Å². The van der Waals surface area contributed by atoms with Crippen LogP contribution in [0.1, 0.15) is 58.1 Å². The fourth-order valence-corrected chi connectivity index (χ4v) is 2.71. The first-order valence-electron chi connectivity index (χ1n) is 8.23. The average Bonchev–Trinajstić information content (AvgIpc) is 3.29. The van der Waals surface area contributed by atoms with E-state index in [1.54, 1.807) is 0 Å². The van der Waals surface area contributed by atoms with Gasteiger partial charge >= 0.3 is 6.03 Å². The topological polar surface area (TPSA) is 32.3 Å². The van der Waals surface area contributed by atoms with Crippen molar-refractivity contribution in [2.75, 3.05) is 6.54 Å². The van der Waals surface area contributed by atoms with Crippen molar-refractivity contribution in [3.8, 4) is 0 Å². The third kappa shape index (κ3) is 4.76. The van der Waals surface area contributed by atoms with Crippen LogP contribution in [0.2, 0.25) is 0 Å². The molecule has 1 aliphatic carbocycles. The maximum absolute atomic E-state index is 12.6. The van der Waals surface area contributed by atoms with E-state index in [4.69, 9.17) is 0 Å². The van der Waals surface area contributed by atoms with E-state index in [0.29, 0.717) is 12.0 Å². The molecule has 3 nitrogen and oxygen atoms in total. The molecule has 1 atom stereocenters. The summed E-state index contributed by atoms with van der Waals surface area (Å²) in [4.78, 5) is 14.7. The Balaban J connectivity index is 2.03. The van der Waals surface area contributed by atoms with Gasteiger partial charge in [0.2, 0.25) is 0 Å². The first-order chi connectivity index (χ1) is 10.1. The zero-order chi connectivity index (χ0) is 15.2. The van der Waals surface area contributed by atoms with Crippen molar-refractivity contribution in [1.82, 2.24) is 10.2 Å². The average molecular weight is 288 g/mol. The lowest BCUT2D eigenvalue weighted by Gasteiger charge is -2.28. The smallest absolute Gasteiger partial charge is 0.318 e. The van der Waals surface area contributed by atoms with Gasteiger partial charge in [0.05, 0.1) is 6.04 Å². The molecule has 0 aromatic heterocycles. The quantitative estimate of drug-likeness (QED) is 0.794. The Kier molecular flexibility index (Phi) is 5.66. The molecule has 0 bridgehead atoms. The van der Waals surface area contributed by atoms with Crippen LogP contribution in [0.3, 0.4) is 0 Å². The van der Waals surface area contributed by atoms with Crippen LogP contribution in [0, 0.1) is 5.92 Å². The minimum Gasteiger partial charge on any atom is -0.331 e. The fourth-order valence-electron chi connectivity index (χ4n) is 2.71. The molecule has 1 aliphatic rings. The van der Waals surface area contributed by atoms with E-state index in [9.17, 15) is 4.79 Å². The Morgan fingerprint density at radius 1 is 1.29 bits per heavy atom. The number of hydrogen-bond acceptors (Lipinski definition) is 1. The predicted molar refractivity (Wildman–Crippen MR) is 87.2 cm³/mol. The Hall–Kier alpha value is -1.51. The highest BCUT2D eigenvalue weighted by Crippen LogP contribution is 2.28. The minimum atomic E-state index is 0.105. The van der Waals surface area contributed by atoms with Crippen molar-refractivity contribution in [2.24, 2.45) is 5.92 Å². The zero-order valence-electron chi connectivity index (χ0n) is 13.5. The number of amides is 2. The van der Waals surface area contributed by atoms with Gasteiger partial charge in [-0.25, -0.2) is 4.79 Å². The van der Waals surface area contributed by atoms with Crippen LogP contribution < -0.4 is 5.32 Å². The van der Waals surface area contributed by atoms with Crippen LogP contribution in [0.4, 0.5) is 4.79 Å². The van der Waals surface area contributed by atoms with Gasteiger partial charge in [-0.05, 0) is 30.7 Å². The number of rotatable bonds is 7. The van der Waals surface area contributed by atoms with Gasteiger partial charge in [-0.1, -0.05) is 57.5 Å². The van der Waals surface area contributed by atoms with E-state index in [1.165, 1.54) is 5.56 Å². The van der Waals surface area contributed by atoms with Gasteiger partial charge in [-0.2, -0.15) is 0 Å². The monoisotopic (exact) mass is 288 g/mol.